The lowest BCUT2D eigenvalue weighted by Gasteiger charge is -2.07. The summed E-state index contributed by atoms with van der Waals surface area (Å²) in [6.07, 6.45) is 1.86. The maximum Gasteiger partial charge on any atom is 0.251 e. The number of rotatable bonds is 1. The number of aliphatic imine (C=N–C) groups is 1. The SMILES string of the molecule is CNC(=O)c1ccc2c(c1)N=Cc1ccc(C)cc1S2. The zero-order chi connectivity index (χ0) is 14.1. The average Bonchev–Trinajstić information content (AvgIpc) is 2.64. The van der Waals surface area contributed by atoms with Crippen LogP contribution in [0.4, 0.5) is 5.69 Å². The number of benzene rings is 2. The molecule has 2 aromatic rings. The van der Waals surface area contributed by atoms with Crippen LogP contribution in [0, 0.1) is 6.92 Å². The van der Waals surface area contributed by atoms with E-state index >= 15 is 0 Å². The van der Waals surface area contributed by atoms with Gasteiger partial charge in [0.15, 0.2) is 0 Å². The van der Waals surface area contributed by atoms with E-state index < -0.39 is 0 Å². The van der Waals surface area contributed by atoms with E-state index in [9.17, 15) is 4.79 Å². The molecule has 0 atom stereocenters. The van der Waals surface area contributed by atoms with Crippen molar-refractivity contribution < 1.29 is 4.79 Å². The summed E-state index contributed by atoms with van der Waals surface area (Å²) in [6, 6.07) is 11.9. The van der Waals surface area contributed by atoms with Gasteiger partial charge in [0.2, 0.25) is 0 Å². The molecule has 4 heteroatoms. The third-order valence-electron chi connectivity index (χ3n) is 3.18. The van der Waals surface area contributed by atoms with Crippen molar-refractivity contribution in [3.8, 4) is 0 Å². The summed E-state index contributed by atoms with van der Waals surface area (Å²) in [7, 11) is 1.63. The lowest BCUT2D eigenvalue weighted by atomic mass is 10.1. The molecule has 1 aliphatic rings. The van der Waals surface area contributed by atoms with E-state index in [1.165, 1.54) is 10.5 Å². The number of aryl methyl sites for hydroxylation is 1. The van der Waals surface area contributed by atoms with Crippen molar-refractivity contribution in [1.29, 1.82) is 0 Å². The average molecular weight is 282 g/mol. The number of hydrogen-bond acceptors (Lipinski definition) is 3. The molecule has 100 valence electrons. The van der Waals surface area contributed by atoms with Gasteiger partial charge in [-0.15, -0.1) is 0 Å². The molecule has 0 unspecified atom stereocenters. The highest BCUT2D eigenvalue weighted by Crippen LogP contribution is 2.39. The van der Waals surface area contributed by atoms with Crippen molar-refractivity contribution in [1.82, 2.24) is 5.32 Å². The Morgan fingerprint density at radius 3 is 2.80 bits per heavy atom. The van der Waals surface area contributed by atoms with Gasteiger partial charge in [0.05, 0.1) is 5.69 Å². The van der Waals surface area contributed by atoms with Gasteiger partial charge in [0, 0.05) is 34.2 Å². The van der Waals surface area contributed by atoms with Crippen LogP contribution >= 0.6 is 11.8 Å². The number of fused-ring (bicyclic) bond motifs is 2. The molecule has 20 heavy (non-hydrogen) atoms. The van der Waals surface area contributed by atoms with E-state index in [4.69, 9.17) is 0 Å². The van der Waals surface area contributed by atoms with Crippen molar-refractivity contribution in [2.75, 3.05) is 7.05 Å². The first-order valence-electron chi connectivity index (χ1n) is 6.36. The molecule has 0 radical (unpaired) electrons. The molecule has 1 N–H and O–H groups in total. The molecule has 0 spiro atoms. The van der Waals surface area contributed by atoms with Gasteiger partial charge in [-0.05, 0) is 36.8 Å². The highest BCUT2D eigenvalue weighted by Gasteiger charge is 2.13. The quantitative estimate of drug-likeness (QED) is 0.741. The molecule has 0 saturated carbocycles. The minimum absolute atomic E-state index is 0.0920. The molecule has 0 saturated heterocycles. The molecule has 3 rings (SSSR count). The lowest BCUT2D eigenvalue weighted by molar-refractivity contribution is 0.0963. The Morgan fingerprint density at radius 1 is 1.15 bits per heavy atom. The molecular weight excluding hydrogens is 268 g/mol. The number of carbonyl (C=O) groups is 1. The predicted octanol–water partition coefficient (Wildman–Crippen LogP) is 3.57. The van der Waals surface area contributed by atoms with Crippen LogP contribution in [0.3, 0.4) is 0 Å². The third kappa shape index (κ3) is 2.34. The van der Waals surface area contributed by atoms with Crippen LogP contribution in [-0.4, -0.2) is 19.2 Å². The Bertz CT molecular complexity index is 722. The zero-order valence-electron chi connectivity index (χ0n) is 11.3. The van der Waals surface area contributed by atoms with Crippen LogP contribution in [0.5, 0.6) is 0 Å². The summed E-state index contributed by atoms with van der Waals surface area (Å²) in [5, 5.41) is 2.63. The van der Waals surface area contributed by atoms with Gasteiger partial charge in [-0.25, -0.2) is 0 Å². The predicted molar refractivity (Wildman–Crippen MR) is 82.4 cm³/mol. The molecule has 2 aromatic carbocycles. The van der Waals surface area contributed by atoms with Gasteiger partial charge >= 0.3 is 0 Å². The molecule has 0 fully saturated rings. The van der Waals surface area contributed by atoms with Crippen LogP contribution in [0.15, 0.2) is 51.2 Å². The highest BCUT2D eigenvalue weighted by molar-refractivity contribution is 7.99. The smallest absolute Gasteiger partial charge is 0.251 e. The third-order valence-corrected chi connectivity index (χ3v) is 4.32. The molecular formula is C16H14N2OS. The number of amides is 1. The monoisotopic (exact) mass is 282 g/mol. The molecule has 1 amide bonds. The van der Waals surface area contributed by atoms with Gasteiger partial charge in [-0.3, -0.25) is 9.79 Å². The topological polar surface area (TPSA) is 41.5 Å². The van der Waals surface area contributed by atoms with Gasteiger partial charge < -0.3 is 5.32 Å². The summed E-state index contributed by atoms with van der Waals surface area (Å²) in [5.41, 5.74) is 3.81. The molecule has 1 aliphatic heterocycles. The first-order valence-corrected chi connectivity index (χ1v) is 7.18. The fraction of sp³-hybridized carbons (Fsp3) is 0.125. The Labute approximate surface area is 122 Å². The molecule has 1 heterocycles. The van der Waals surface area contributed by atoms with Crippen LogP contribution < -0.4 is 5.32 Å². The molecule has 3 nitrogen and oxygen atoms in total. The maximum atomic E-state index is 11.7. The Balaban J connectivity index is 2.06. The number of carbonyl (C=O) groups excluding carboxylic acids is 1. The minimum Gasteiger partial charge on any atom is -0.355 e. The fourth-order valence-corrected chi connectivity index (χ4v) is 3.16. The summed E-state index contributed by atoms with van der Waals surface area (Å²) < 4.78 is 0. The van der Waals surface area contributed by atoms with E-state index in [1.54, 1.807) is 18.8 Å². The van der Waals surface area contributed by atoms with Crippen molar-refractivity contribution in [3.05, 3.63) is 53.1 Å². The first kappa shape index (κ1) is 12.9. The number of nitrogens with zero attached hydrogens (tertiary/aromatic N) is 1. The van der Waals surface area contributed by atoms with Crippen LogP contribution in [0.2, 0.25) is 0 Å². The van der Waals surface area contributed by atoms with Crippen LogP contribution in [0.25, 0.3) is 0 Å². The molecule has 0 aromatic heterocycles. The maximum absolute atomic E-state index is 11.7. The molecule has 0 aliphatic carbocycles. The largest absolute Gasteiger partial charge is 0.355 e. The second kappa shape index (κ2) is 5.13. The van der Waals surface area contributed by atoms with Crippen LogP contribution in [-0.2, 0) is 0 Å². The summed E-state index contributed by atoms with van der Waals surface area (Å²) in [6.45, 7) is 2.08. The highest BCUT2D eigenvalue weighted by atomic mass is 32.2. The van der Waals surface area contributed by atoms with Crippen LogP contribution in [0.1, 0.15) is 21.5 Å². The van der Waals surface area contributed by atoms with Crippen molar-refractivity contribution in [3.63, 3.8) is 0 Å². The van der Waals surface area contributed by atoms with Gasteiger partial charge in [-0.2, -0.15) is 0 Å². The fourth-order valence-electron chi connectivity index (χ4n) is 2.08. The van der Waals surface area contributed by atoms with Crippen molar-refractivity contribution >= 4 is 29.6 Å². The lowest BCUT2D eigenvalue weighted by Crippen LogP contribution is -2.17. The normalized spacial score (nSPS) is 12.3. The van der Waals surface area contributed by atoms with Crippen molar-refractivity contribution in [2.24, 2.45) is 4.99 Å². The summed E-state index contributed by atoms with van der Waals surface area (Å²) >= 11 is 1.69. The Kier molecular flexibility index (Phi) is 3.32. The second-order valence-corrected chi connectivity index (χ2v) is 5.75. The Morgan fingerprint density at radius 2 is 2.00 bits per heavy atom. The van der Waals surface area contributed by atoms with Gasteiger partial charge in [0.25, 0.3) is 5.91 Å². The molecule has 0 bridgehead atoms. The summed E-state index contributed by atoms with van der Waals surface area (Å²) in [5.74, 6) is -0.0920. The van der Waals surface area contributed by atoms with E-state index in [2.05, 4.69) is 35.4 Å². The minimum atomic E-state index is -0.0920. The number of hydrogen-bond donors (Lipinski definition) is 1. The number of nitrogens with one attached hydrogen (secondary N) is 1. The van der Waals surface area contributed by atoms with Gasteiger partial charge in [0.1, 0.15) is 0 Å². The van der Waals surface area contributed by atoms with E-state index in [1.807, 2.05) is 24.4 Å². The van der Waals surface area contributed by atoms with Crippen molar-refractivity contribution in [2.45, 2.75) is 16.7 Å². The van der Waals surface area contributed by atoms with E-state index in [0.29, 0.717) is 5.56 Å². The van der Waals surface area contributed by atoms with Gasteiger partial charge in [-0.1, -0.05) is 23.9 Å². The zero-order valence-corrected chi connectivity index (χ0v) is 12.1. The summed E-state index contributed by atoms with van der Waals surface area (Å²) in [4.78, 5) is 18.5. The Hall–Kier alpha value is -2.07. The van der Waals surface area contributed by atoms with E-state index in [0.717, 1.165) is 16.1 Å². The van der Waals surface area contributed by atoms with E-state index in [-0.39, 0.29) is 5.91 Å². The first-order chi connectivity index (χ1) is 9.67. The second-order valence-electron chi connectivity index (χ2n) is 4.66. The standard InChI is InChI=1S/C16H14N2OS/c1-10-3-4-12-9-18-13-8-11(16(19)17-2)5-6-14(13)20-15(12)7-10/h3-9H,1-2H3,(H,17,19).